The number of rotatable bonds is 7. The molecule has 2 aromatic carbocycles. The Balaban J connectivity index is 0.000000339. The molecule has 0 aliphatic heterocycles. The zero-order valence-electron chi connectivity index (χ0n) is 19.8. The molecule has 0 unspecified atom stereocenters. The van der Waals surface area contributed by atoms with Gasteiger partial charge in [-0.1, -0.05) is 62.8 Å². The zero-order chi connectivity index (χ0) is 28.8. The van der Waals surface area contributed by atoms with E-state index in [2.05, 4.69) is 35.8 Å². The highest BCUT2D eigenvalue weighted by molar-refractivity contribution is 6.37. The Labute approximate surface area is 240 Å². The highest BCUT2D eigenvalue weighted by atomic mass is 35.5. The Hall–Kier alpha value is -3.98. The number of nitrogens with one attached hydrogen (secondary N) is 1. The van der Waals surface area contributed by atoms with E-state index < -0.39 is 5.09 Å². The van der Waals surface area contributed by atoms with Crippen LogP contribution in [-0.2, 0) is 18.0 Å². The summed E-state index contributed by atoms with van der Waals surface area (Å²) in [6.07, 6.45) is 4.50. The second-order valence-electron chi connectivity index (χ2n) is 7.04. The maximum absolute atomic E-state index is 8.36. The van der Waals surface area contributed by atoms with Crippen molar-refractivity contribution in [2.45, 2.75) is 20.1 Å². The molecule has 39 heavy (non-hydrogen) atoms. The molecule has 14 nitrogen and oxygen atoms in total. The number of aromatic nitrogens is 6. The molecule has 0 spiro atoms. The maximum Gasteiger partial charge on any atom is 0.291 e. The van der Waals surface area contributed by atoms with Gasteiger partial charge >= 0.3 is 0 Å². The van der Waals surface area contributed by atoms with Crippen molar-refractivity contribution in [1.29, 1.82) is 0 Å². The van der Waals surface area contributed by atoms with Crippen molar-refractivity contribution in [3.8, 4) is 0 Å². The van der Waals surface area contributed by atoms with Gasteiger partial charge in [-0.2, -0.15) is 20.5 Å². The molecule has 0 saturated heterocycles. The van der Waals surface area contributed by atoms with Crippen LogP contribution in [0.25, 0.3) is 0 Å². The summed E-state index contributed by atoms with van der Waals surface area (Å²) in [6, 6.07) is 10.3. The quantitative estimate of drug-likeness (QED) is 0.108. The van der Waals surface area contributed by atoms with Crippen LogP contribution in [0.4, 0.5) is 0 Å². The summed E-state index contributed by atoms with van der Waals surface area (Å²) < 4.78 is 1.61. The van der Waals surface area contributed by atoms with Crippen molar-refractivity contribution < 1.29 is 20.3 Å². The fourth-order valence-corrected chi connectivity index (χ4v) is 3.58. The van der Waals surface area contributed by atoms with Crippen LogP contribution in [0, 0.1) is 10.1 Å². The first kappa shape index (κ1) is 31.2. The lowest BCUT2D eigenvalue weighted by atomic mass is 10.1. The van der Waals surface area contributed by atoms with Gasteiger partial charge in [0.05, 0.1) is 17.8 Å². The van der Waals surface area contributed by atoms with Crippen molar-refractivity contribution in [2.24, 2.45) is 10.3 Å². The van der Waals surface area contributed by atoms with Gasteiger partial charge in [0, 0.05) is 26.2 Å². The molecule has 0 saturated carbocycles. The summed E-state index contributed by atoms with van der Waals surface area (Å²) in [7, 11) is 0. The van der Waals surface area contributed by atoms with Gasteiger partial charge in [-0.3, -0.25) is 0 Å². The predicted octanol–water partition coefficient (Wildman–Crippen LogP) is 5.17. The normalized spacial score (nSPS) is 11.1. The third kappa shape index (κ3) is 11.1. The van der Waals surface area contributed by atoms with E-state index in [0.29, 0.717) is 49.3 Å². The molecule has 4 aromatic rings. The molecule has 0 fully saturated rings. The van der Waals surface area contributed by atoms with Crippen LogP contribution in [0.1, 0.15) is 23.7 Å². The van der Waals surface area contributed by atoms with Crippen LogP contribution in [0.15, 0.2) is 65.6 Å². The summed E-state index contributed by atoms with van der Waals surface area (Å²) in [6.45, 7) is 2.15. The molecule has 18 heteroatoms. The molecule has 0 amide bonds. The lowest BCUT2D eigenvalue weighted by Crippen LogP contribution is -2.13. The van der Waals surface area contributed by atoms with E-state index in [-0.39, 0.29) is 6.61 Å². The molecular weight excluding hydrogens is 600 g/mol. The lowest BCUT2D eigenvalue weighted by Gasteiger charge is -2.10. The molecule has 4 rings (SSSR count). The number of nitrogens with zero attached hydrogens (tertiary/aromatic N) is 8. The summed E-state index contributed by atoms with van der Waals surface area (Å²) in [5, 5.41) is 44.7. The number of oxime groups is 2. The molecule has 0 aliphatic rings. The zero-order valence-corrected chi connectivity index (χ0v) is 22.8. The number of hydrogen-bond donors (Lipinski definition) is 3. The predicted molar refractivity (Wildman–Crippen MR) is 143 cm³/mol. The van der Waals surface area contributed by atoms with Gasteiger partial charge in [0.25, 0.3) is 5.09 Å². The number of H-pyrrole nitrogens is 1. The second-order valence-corrected chi connectivity index (χ2v) is 8.73. The van der Waals surface area contributed by atoms with E-state index in [0.717, 1.165) is 5.56 Å². The van der Waals surface area contributed by atoms with E-state index in [4.69, 9.17) is 71.8 Å². The molecule has 0 bridgehead atoms. The SMILES string of the molecule is CC(=NO)c1cn[nH]n1.Clc1ccc(CON=C(Cn2cncn2)c2ccc(Cl)cc2Cl)c(Cl)c1.O=[N+]([O-])O. The number of halogens is 4. The molecule has 2 heterocycles. The van der Waals surface area contributed by atoms with Gasteiger partial charge in [-0.15, -0.1) is 10.1 Å². The summed E-state index contributed by atoms with van der Waals surface area (Å²) in [5.74, 6) is 0. The Bertz CT molecular complexity index is 1400. The van der Waals surface area contributed by atoms with Gasteiger partial charge in [0.15, 0.2) is 0 Å². The molecular formula is C21H19Cl4N9O5. The number of hydrogen-bond acceptors (Lipinski definition) is 10. The molecule has 2 aromatic heterocycles. The van der Waals surface area contributed by atoms with Gasteiger partial charge in [0.2, 0.25) is 0 Å². The van der Waals surface area contributed by atoms with Crippen LogP contribution < -0.4 is 0 Å². The first-order chi connectivity index (χ1) is 18.6. The summed E-state index contributed by atoms with van der Waals surface area (Å²) >= 11 is 24.3. The van der Waals surface area contributed by atoms with Crippen molar-refractivity contribution in [3.63, 3.8) is 0 Å². The standard InChI is InChI=1S/C17H12Cl4N4O.C4H6N4O.HNO3/c18-12-2-1-11(15(20)5-12)8-26-24-17(7-25-10-22-9-23-25)14-4-3-13(19)6-16(14)21;1-3(7-9)4-2-5-8-6-4;2-1(3)4/h1-6,9-10H,7-8H2;2,9H,1H3,(H,5,6,8);(H,2,3,4). The van der Waals surface area contributed by atoms with Crippen LogP contribution in [0.2, 0.25) is 20.1 Å². The van der Waals surface area contributed by atoms with E-state index in [9.17, 15) is 0 Å². The minimum atomic E-state index is -1.50. The van der Waals surface area contributed by atoms with Crippen LogP contribution >= 0.6 is 46.4 Å². The van der Waals surface area contributed by atoms with Crippen LogP contribution in [0.3, 0.4) is 0 Å². The first-order valence-electron chi connectivity index (χ1n) is 10.4. The highest BCUT2D eigenvalue weighted by Gasteiger charge is 2.12. The minimum absolute atomic E-state index is 0.183. The van der Waals surface area contributed by atoms with Gasteiger partial charge < -0.3 is 15.3 Å². The minimum Gasteiger partial charge on any atom is -0.411 e. The van der Waals surface area contributed by atoms with E-state index >= 15 is 0 Å². The van der Waals surface area contributed by atoms with E-state index in [1.807, 2.05) is 0 Å². The topological polar surface area (TPSA) is 190 Å². The largest absolute Gasteiger partial charge is 0.411 e. The third-order valence-electron chi connectivity index (χ3n) is 4.37. The summed E-state index contributed by atoms with van der Waals surface area (Å²) in [4.78, 5) is 17.8. The van der Waals surface area contributed by atoms with E-state index in [1.165, 1.54) is 12.5 Å². The van der Waals surface area contributed by atoms with Crippen LogP contribution in [-0.4, -0.2) is 57.1 Å². The van der Waals surface area contributed by atoms with Crippen molar-refractivity contribution >= 4 is 57.8 Å². The Morgan fingerprint density at radius 1 is 1.15 bits per heavy atom. The molecule has 3 N–H and O–H groups in total. The van der Waals surface area contributed by atoms with Gasteiger partial charge in [-0.25, -0.2) is 9.67 Å². The van der Waals surface area contributed by atoms with Crippen molar-refractivity contribution in [3.05, 3.63) is 102 Å². The molecule has 206 valence electrons. The van der Waals surface area contributed by atoms with Crippen molar-refractivity contribution in [1.82, 2.24) is 30.2 Å². The number of aromatic amines is 1. The first-order valence-corrected chi connectivity index (χ1v) is 11.9. The van der Waals surface area contributed by atoms with Gasteiger partial charge in [0.1, 0.15) is 36.4 Å². The van der Waals surface area contributed by atoms with Gasteiger partial charge in [-0.05, 0) is 37.3 Å². The fourth-order valence-electron chi connectivity index (χ4n) is 2.60. The third-order valence-corrected chi connectivity index (χ3v) is 5.50. The Morgan fingerprint density at radius 2 is 1.82 bits per heavy atom. The smallest absolute Gasteiger partial charge is 0.291 e. The fraction of sp³-hybridized carbons (Fsp3) is 0.143. The monoisotopic (exact) mass is 617 g/mol. The summed E-state index contributed by atoms with van der Waals surface area (Å²) in [5.41, 5.74) is 3.03. The Morgan fingerprint density at radius 3 is 2.36 bits per heavy atom. The highest BCUT2D eigenvalue weighted by Crippen LogP contribution is 2.24. The molecule has 0 radical (unpaired) electrons. The van der Waals surface area contributed by atoms with Crippen LogP contribution in [0.5, 0.6) is 0 Å². The average molecular weight is 619 g/mol. The number of benzene rings is 2. The van der Waals surface area contributed by atoms with E-state index in [1.54, 1.807) is 54.3 Å². The second kappa shape index (κ2) is 16.1. The molecule has 0 aliphatic carbocycles. The Kier molecular flexibility index (Phi) is 12.9. The lowest BCUT2D eigenvalue weighted by molar-refractivity contribution is -0.742. The maximum atomic E-state index is 8.36. The average Bonchev–Trinajstić information content (AvgIpc) is 3.59. The molecule has 0 atom stereocenters. The van der Waals surface area contributed by atoms with Crippen molar-refractivity contribution in [2.75, 3.05) is 0 Å².